The molecule has 0 amide bonds. The molecule has 6 aromatic carbocycles. The Morgan fingerprint density at radius 1 is 0.371 bits per heavy atom. The average molecular weight is 2400 g/mol. The first-order chi connectivity index (χ1) is 73.2. The van der Waals surface area contributed by atoms with E-state index in [0.29, 0.717) is 108 Å². The largest absolute Gasteiger partial charge is 0.486 e. The number of rotatable bonds is 13. The van der Waals surface area contributed by atoms with Gasteiger partial charge in [-0.3, -0.25) is 0 Å². The molecular formula is C125H129Ir3N9O3-6. The van der Waals surface area contributed by atoms with Gasteiger partial charge in [-0.25, -0.2) is 15.0 Å². The summed E-state index contributed by atoms with van der Waals surface area (Å²) in [5.74, 6) is 1.51. The zero-order chi connectivity index (χ0) is 112. The SMILES string of the molecule is [2H]C([2H])([2H])c1c[c-]c(-c2ccc(C([2H])([2H])C(C)(C)C)cn2)cc1.[2H]C([2H])([2H])c1c[c-]c(-c2ccc(C([2H])([2H])C(C)(C)C)cn2)cc1.[2H]C([2H])([2H])c1c[c-]c(-c2ccc(C([2H])([2H])C(C)(C)C)cn2)cc1.[2H]C([2H])(c1ccnc(-c2[c-]ccc3c2oc2nc(C)ccc23)c1)C1CC2CCC1C2.[2H]C1(c2ccnc(-c3[c-]ccc4c3oc3nc(C)ccc34)c2)CC2CCC1C2.[2H]C1(c2ccnc(-c3[c-]ccc4c3oc3nc(C)ccc34)c2)CCC(C)(C)CC1.[Ir].[Ir].[Ir]. The van der Waals surface area contributed by atoms with Crippen LogP contribution in [0.15, 0.2) is 251 Å². The van der Waals surface area contributed by atoms with Gasteiger partial charge >= 0.3 is 0 Å². The van der Waals surface area contributed by atoms with E-state index in [0.717, 1.165) is 144 Å². The number of hydrogen-bond donors (Lipinski definition) is 0. The van der Waals surface area contributed by atoms with Gasteiger partial charge in [-0.1, -0.05) is 214 Å². The maximum Gasteiger partial charge on any atom is 0.216 e. The fourth-order valence-electron chi connectivity index (χ4n) is 19.4. The second kappa shape index (κ2) is 44.7. The molecule has 12 heterocycles. The van der Waals surface area contributed by atoms with E-state index in [1.165, 1.54) is 75.3 Å². The van der Waals surface area contributed by atoms with Crippen LogP contribution in [0.3, 0.4) is 0 Å². The van der Waals surface area contributed by atoms with Crippen LogP contribution in [0.25, 0.3) is 134 Å². The van der Waals surface area contributed by atoms with Gasteiger partial charge in [-0.05, 0) is 279 Å². The number of hydrogen-bond acceptors (Lipinski definition) is 12. The number of aromatic nitrogens is 9. The second-order valence-electron chi connectivity index (χ2n) is 41.0. The Labute approximate surface area is 896 Å². The molecule has 23 rings (SSSR count). The predicted octanol–water partition coefficient (Wildman–Crippen LogP) is 32.4. The number of benzene rings is 6. The van der Waals surface area contributed by atoms with Crippen LogP contribution in [0.2, 0.25) is 0 Å². The third-order valence-electron chi connectivity index (χ3n) is 26.1. The summed E-state index contributed by atoms with van der Waals surface area (Å²) in [5.41, 5.74) is 19.4. The molecule has 12 nitrogen and oxygen atoms in total. The Balaban J connectivity index is 0.000000141. The molecule has 18 aromatic rings. The number of pyridine rings is 9. The predicted molar refractivity (Wildman–Crippen MR) is 560 cm³/mol. The summed E-state index contributed by atoms with van der Waals surface area (Å²) in [6, 6.07) is 78.8. The first kappa shape index (κ1) is 80.6. The molecule has 0 spiro atoms. The first-order valence-corrected chi connectivity index (χ1v) is 47.8. The minimum atomic E-state index is -2.14. The zero-order valence-corrected chi connectivity index (χ0v) is 88.8. The Morgan fingerprint density at radius 3 is 1.09 bits per heavy atom. The van der Waals surface area contributed by atoms with Crippen molar-refractivity contribution in [2.75, 3.05) is 0 Å². The van der Waals surface area contributed by atoms with Crippen LogP contribution in [0.1, 0.15) is 258 Å². The van der Waals surface area contributed by atoms with E-state index < -0.39 is 74.1 Å². The third kappa shape index (κ3) is 25.5. The Morgan fingerprint density at radius 2 is 0.750 bits per heavy atom. The van der Waals surface area contributed by atoms with Crippen molar-refractivity contribution < 1.29 is 99.6 Å². The molecule has 725 valence electrons. The van der Waals surface area contributed by atoms with Gasteiger partial charge in [0.05, 0.1) is 16.7 Å². The zero-order valence-electron chi connectivity index (χ0n) is 101. The van der Waals surface area contributed by atoms with Crippen molar-refractivity contribution in [3.63, 3.8) is 0 Å². The summed E-state index contributed by atoms with van der Waals surface area (Å²) in [6.45, 7) is 20.7. The van der Waals surface area contributed by atoms with Gasteiger partial charge in [-0.2, -0.15) is 0 Å². The van der Waals surface area contributed by atoms with Gasteiger partial charge < -0.3 is 43.2 Å². The topological polar surface area (TPSA) is 155 Å². The normalized spacial score (nSPS) is 20.8. The average Bonchev–Trinajstić information content (AvgIpc) is 1.59. The van der Waals surface area contributed by atoms with Crippen LogP contribution in [-0.4, -0.2) is 44.9 Å². The monoisotopic (exact) mass is 2400 g/mol. The van der Waals surface area contributed by atoms with Crippen molar-refractivity contribution in [3.8, 4) is 67.5 Å². The summed E-state index contributed by atoms with van der Waals surface area (Å²) in [7, 11) is 0. The molecular weight excluding hydrogens is 2250 g/mol. The minimum Gasteiger partial charge on any atom is -0.486 e. The molecule has 5 aliphatic carbocycles. The van der Waals surface area contributed by atoms with Gasteiger partial charge in [0, 0.05) is 157 Å². The molecule has 6 atom stereocenters. The van der Waals surface area contributed by atoms with E-state index in [4.69, 9.17) is 37.9 Å². The third-order valence-corrected chi connectivity index (χ3v) is 26.1. The van der Waals surface area contributed by atoms with Crippen LogP contribution in [0, 0.1) is 129 Å². The molecule has 12 aromatic heterocycles. The molecule has 0 saturated heterocycles. The standard InChI is InChI=1S/C25H23N2O.C25H25N2O.C24H21N2O.3C17H20N.3Ir/c1-15-5-8-21-20-3-2-4-22(24(20)28-25(21)27-15)23-14-17(9-10-26-23)13-19-12-16-6-7-18(19)11-16;1-16-7-8-20-19-5-4-6-21(23(19)28-24(20)27-16)22-15-18(11-14-26-22)17-9-12-25(2,3)13-10-17;1-14-5-8-19-18-3-2-4-20(23(18)27-24(19)26-14)22-13-17(9-10-25-22)21-12-15-6-7-16(21)11-15;3*1-13-5-8-15(9-6-13)16-10-7-14(12-18-16)11-17(2,3)4;;;/h2-3,5,8-10,14,16,18-19H,6-7,11-13H2,1H3;4-5,7-8,11,14-15,17H,9-10,12-13H2,1-3H3;2-3,5,8-10,13,15-16,21H,6-7,11-12H2,1H3;3*5-8,10,12H,11H2,1-4H3;;;/q6*-1;;;/i13D2;17D;21D;3*1D3,11D2;;;. The maximum atomic E-state index is 9.17. The summed E-state index contributed by atoms with van der Waals surface area (Å²) in [4.78, 5) is 40.3. The smallest absolute Gasteiger partial charge is 0.216 e. The Bertz CT molecular complexity index is 7890. The molecule has 15 heteroatoms. The van der Waals surface area contributed by atoms with Crippen molar-refractivity contribution in [2.45, 2.75) is 232 Å². The minimum absolute atomic E-state index is 0. The van der Waals surface area contributed by atoms with Crippen molar-refractivity contribution in [3.05, 3.63) is 341 Å². The molecule has 0 N–H and O–H groups in total. The van der Waals surface area contributed by atoms with E-state index >= 15 is 0 Å². The maximum absolute atomic E-state index is 9.17. The summed E-state index contributed by atoms with van der Waals surface area (Å²) >= 11 is 0. The molecule has 3 radical (unpaired) electrons. The number of furan rings is 3. The quantitative estimate of drug-likeness (QED) is 0.101. The van der Waals surface area contributed by atoms with Crippen molar-refractivity contribution >= 4 is 66.2 Å². The van der Waals surface area contributed by atoms with Crippen LogP contribution in [0.4, 0.5) is 0 Å². The van der Waals surface area contributed by atoms with Crippen LogP contribution in [-0.2, 0) is 85.8 Å². The van der Waals surface area contributed by atoms with Gasteiger partial charge in [0.2, 0.25) is 17.1 Å². The summed E-state index contributed by atoms with van der Waals surface area (Å²) in [6.07, 6.45) is 17.4. The van der Waals surface area contributed by atoms with E-state index in [1.807, 2.05) is 180 Å². The summed E-state index contributed by atoms with van der Waals surface area (Å²) in [5, 5.41) is 6.02. The first-order valence-electron chi connectivity index (χ1n) is 57.3. The number of nitrogens with zero attached hydrogens (tertiary/aromatic N) is 9. The molecule has 0 aliphatic heterocycles. The molecule has 4 bridgehead atoms. The molecule has 5 saturated carbocycles. The number of fused-ring (bicyclic) bond motifs is 13. The van der Waals surface area contributed by atoms with Gasteiger partial charge in [0.15, 0.2) is 0 Å². The molecule has 5 aliphatic rings. The molecule has 6 unspecified atom stereocenters. The Hall–Kier alpha value is -11.0. The van der Waals surface area contributed by atoms with E-state index in [9.17, 15) is 1.37 Å². The molecule has 5 fully saturated rings. The molecule has 140 heavy (non-hydrogen) atoms. The van der Waals surface area contributed by atoms with Gasteiger partial charge in [-0.15, -0.1) is 161 Å². The van der Waals surface area contributed by atoms with Crippen molar-refractivity contribution in [1.82, 2.24) is 44.9 Å². The van der Waals surface area contributed by atoms with Crippen LogP contribution < -0.4 is 0 Å². The Kier molecular flexibility index (Phi) is 25.7. The van der Waals surface area contributed by atoms with Crippen molar-refractivity contribution in [1.29, 1.82) is 0 Å². The number of aryl methyl sites for hydroxylation is 6. The summed E-state index contributed by atoms with van der Waals surface area (Å²) < 4.78 is 170. The fourth-order valence-corrected chi connectivity index (χ4v) is 19.4. The van der Waals surface area contributed by atoms with Crippen molar-refractivity contribution in [2.24, 2.45) is 51.2 Å². The van der Waals surface area contributed by atoms with Crippen LogP contribution >= 0.6 is 0 Å². The van der Waals surface area contributed by atoms with Crippen LogP contribution in [0.5, 0.6) is 0 Å². The van der Waals surface area contributed by atoms with Gasteiger partial charge in [0.25, 0.3) is 0 Å². The van der Waals surface area contributed by atoms with Gasteiger partial charge in [0.1, 0.15) is 0 Å². The van der Waals surface area contributed by atoms with E-state index in [1.54, 1.807) is 79.0 Å². The van der Waals surface area contributed by atoms with E-state index in [-0.39, 0.29) is 82.9 Å². The van der Waals surface area contributed by atoms with E-state index in [2.05, 4.69) is 119 Å². The second-order valence-corrected chi connectivity index (χ2v) is 41.0. The fraction of sp³-hybridized carbons (Fsp3) is 0.352.